The van der Waals surface area contributed by atoms with Crippen LogP contribution in [0.5, 0.6) is 0 Å². The number of nitrogens with zero attached hydrogens (tertiary/aromatic N) is 1. The zero-order valence-electron chi connectivity index (χ0n) is 11.6. The monoisotopic (exact) mass is 326 g/mol. The molecule has 3 nitrogen and oxygen atoms in total. The van der Waals surface area contributed by atoms with Gasteiger partial charge in [-0.1, -0.05) is 35.0 Å². The second-order valence-corrected chi connectivity index (χ2v) is 5.80. The van der Waals surface area contributed by atoms with Crippen molar-refractivity contribution in [2.75, 3.05) is 32.8 Å². The van der Waals surface area contributed by atoms with E-state index in [4.69, 9.17) is 4.74 Å². The van der Waals surface area contributed by atoms with Crippen molar-refractivity contribution in [1.29, 1.82) is 0 Å². The molecule has 1 aromatic rings. The van der Waals surface area contributed by atoms with Crippen LogP contribution in [-0.4, -0.2) is 37.7 Å². The normalized spacial score (nSPS) is 17.4. The lowest BCUT2D eigenvalue weighted by Crippen LogP contribution is -2.26. The first-order valence-corrected chi connectivity index (χ1v) is 7.87. The molecule has 1 N–H and O–H groups in total. The third kappa shape index (κ3) is 4.88. The van der Waals surface area contributed by atoms with Gasteiger partial charge >= 0.3 is 0 Å². The summed E-state index contributed by atoms with van der Waals surface area (Å²) in [6, 6.07) is 6.69. The molecule has 0 saturated carbocycles. The first-order valence-electron chi connectivity index (χ1n) is 7.07. The molecule has 0 bridgehead atoms. The van der Waals surface area contributed by atoms with E-state index in [1.54, 1.807) is 0 Å². The average Bonchev–Trinajstić information content (AvgIpc) is 2.68. The van der Waals surface area contributed by atoms with E-state index in [0.29, 0.717) is 0 Å². The maximum absolute atomic E-state index is 5.49. The molecular formula is C15H23BrN2O. The van der Waals surface area contributed by atoms with Crippen molar-refractivity contribution in [2.45, 2.75) is 26.4 Å². The number of benzene rings is 1. The number of nitrogens with one attached hydrogen (secondary N) is 1. The number of halogens is 1. The Kier molecular flexibility index (Phi) is 6.31. The van der Waals surface area contributed by atoms with E-state index >= 15 is 0 Å². The highest BCUT2D eigenvalue weighted by molar-refractivity contribution is 9.10. The van der Waals surface area contributed by atoms with E-state index < -0.39 is 0 Å². The molecule has 19 heavy (non-hydrogen) atoms. The summed E-state index contributed by atoms with van der Waals surface area (Å²) >= 11 is 3.70. The third-order valence-corrected chi connectivity index (χ3v) is 4.14. The molecule has 1 fully saturated rings. The van der Waals surface area contributed by atoms with E-state index in [2.05, 4.69) is 51.3 Å². The fourth-order valence-electron chi connectivity index (χ4n) is 2.30. The van der Waals surface area contributed by atoms with E-state index in [-0.39, 0.29) is 0 Å². The van der Waals surface area contributed by atoms with Crippen LogP contribution >= 0.6 is 15.9 Å². The Balaban J connectivity index is 1.95. The van der Waals surface area contributed by atoms with Crippen molar-refractivity contribution in [3.63, 3.8) is 0 Å². The van der Waals surface area contributed by atoms with Crippen molar-refractivity contribution >= 4 is 15.9 Å². The van der Waals surface area contributed by atoms with Crippen LogP contribution in [0.15, 0.2) is 22.7 Å². The van der Waals surface area contributed by atoms with Gasteiger partial charge in [0.05, 0.1) is 6.61 Å². The van der Waals surface area contributed by atoms with E-state index in [0.717, 1.165) is 52.4 Å². The highest BCUT2D eigenvalue weighted by Crippen LogP contribution is 2.21. The fraction of sp³-hybridized carbons (Fsp3) is 0.600. The minimum atomic E-state index is 0.857. The van der Waals surface area contributed by atoms with Gasteiger partial charge in [-0.25, -0.2) is 0 Å². The lowest BCUT2D eigenvalue weighted by Gasteiger charge is -2.20. The summed E-state index contributed by atoms with van der Waals surface area (Å²) in [5.74, 6) is 0. The van der Waals surface area contributed by atoms with Gasteiger partial charge in [0.25, 0.3) is 0 Å². The molecule has 2 rings (SSSR count). The van der Waals surface area contributed by atoms with Crippen LogP contribution in [-0.2, 0) is 17.8 Å². The molecule has 0 radical (unpaired) electrons. The standard InChI is InChI=1S/C15H23BrN2O/c1-2-17-11-13-4-5-14(15(16)10-13)12-18-6-3-8-19-9-7-18/h4-5,10,17H,2-3,6-9,11-12H2,1H3. The third-order valence-electron chi connectivity index (χ3n) is 3.41. The molecule has 106 valence electrons. The van der Waals surface area contributed by atoms with Gasteiger partial charge in [-0.05, 0) is 30.2 Å². The van der Waals surface area contributed by atoms with Crippen LogP contribution in [0.2, 0.25) is 0 Å². The van der Waals surface area contributed by atoms with E-state index in [1.807, 2.05) is 0 Å². The summed E-state index contributed by atoms with van der Waals surface area (Å²) < 4.78 is 6.71. The van der Waals surface area contributed by atoms with Gasteiger partial charge in [0.1, 0.15) is 0 Å². The number of hydrogen-bond donors (Lipinski definition) is 1. The molecule has 1 saturated heterocycles. The summed E-state index contributed by atoms with van der Waals surface area (Å²) in [5, 5.41) is 3.35. The van der Waals surface area contributed by atoms with Crippen LogP contribution in [0.25, 0.3) is 0 Å². The fourth-order valence-corrected chi connectivity index (χ4v) is 2.85. The first kappa shape index (κ1) is 15.0. The predicted octanol–water partition coefficient (Wildman–Crippen LogP) is 2.78. The van der Waals surface area contributed by atoms with Crippen LogP contribution in [0.3, 0.4) is 0 Å². The molecular weight excluding hydrogens is 304 g/mol. The van der Waals surface area contributed by atoms with E-state index in [1.165, 1.54) is 15.6 Å². The minimum absolute atomic E-state index is 0.857. The van der Waals surface area contributed by atoms with Crippen LogP contribution in [0, 0.1) is 0 Å². The number of rotatable bonds is 5. The Morgan fingerprint density at radius 1 is 1.32 bits per heavy atom. The van der Waals surface area contributed by atoms with Crippen molar-refractivity contribution in [2.24, 2.45) is 0 Å². The van der Waals surface area contributed by atoms with Gasteiger partial charge in [-0.15, -0.1) is 0 Å². The summed E-state index contributed by atoms with van der Waals surface area (Å²) in [5.41, 5.74) is 2.69. The summed E-state index contributed by atoms with van der Waals surface area (Å²) in [6.45, 7) is 9.00. The van der Waals surface area contributed by atoms with E-state index in [9.17, 15) is 0 Å². The highest BCUT2D eigenvalue weighted by atomic mass is 79.9. The second-order valence-electron chi connectivity index (χ2n) is 4.95. The Morgan fingerprint density at radius 2 is 2.21 bits per heavy atom. The Bertz CT molecular complexity index is 390. The minimum Gasteiger partial charge on any atom is -0.380 e. The Hall–Kier alpha value is -0.420. The molecule has 1 aliphatic rings. The first-order chi connectivity index (χ1) is 9.29. The maximum atomic E-state index is 5.49. The van der Waals surface area contributed by atoms with Crippen LogP contribution in [0.4, 0.5) is 0 Å². The average molecular weight is 327 g/mol. The second kappa shape index (κ2) is 8.00. The van der Waals surface area contributed by atoms with Crippen molar-refractivity contribution in [1.82, 2.24) is 10.2 Å². The van der Waals surface area contributed by atoms with Gasteiger partial charge in [0.2, 0.25) is 0 Å². The molecule has 1 aliphatic heterocycles. The van der Waals surface area contributed by atoms with Crippen molar-refractivity contribution in [3.05, 3.63) is 33.8 Å². The number of ether oxygens (including phenoxy) is 1. The largest absolute Gasteiger partial charge is 0.380 e. The van der Waals surface area contributed by atoms with Gasteiger partial charge in [0.15, 0.2) is 0 Å². The van der Waals surface area contributed by atoms with Gasteiger partial charge in [0, 0.05) is 37.3 Å². The zero-order chi connectivity index (χ0) is 13.5. The van der Waals surface area contributed by atoms with Gasteiger partial charge in [-0.2, -0.15) is 0 Å². The SMILES string of the molecule is CCNCc1ccc(CN2CCCOCC2)c(Br)c1. The van der Waals surface area contributed by atoms with Gasteiger partial charge in [-0.3, -0.25) is 4.90 Å². The molecule has 0 aliphatic carbocycles. The summed E-state index contributed by atoms with van der Waals surface area (Å²) in [6.07, 6.45) is 1.14. The zero-order valence-corrected chi connectivity index (χ0v) is 13.2. The molecule has 1 aromatic carbocycles. The maximum Gasteiger partial charge on any atom is 0.0593 e. The van der Waals surface area contributed by atoms with Crippen LogP contribution in [0.1, 0.15) is 24.5 Å². The molecule has 0 unspecified atom stereocenters. The molecule has 0 aromatic heterocycles. The molecule has 0 amide bonds. The van der Waals surface area contributed by atoms with Crippen LogP contribution < -0.4 is 5.32 Å². The molecule has 4 heteroatoms. The molecule has 0 atom stereocenters. The lowest BCUT2D eigenvalue weighted by molar-refractivity contribution is 0.140. The molecule has 0 spiro atoms. The van der Waals surface area contributed by atoms with Crippen molar-refractivity contribution < 1.29 is 4.74 Å². The highest BCUT2D eigenvalue weighted by Gasteiger charge is 2.11. The smallest absolute Gasteiger partial charge is 0.0593 e. The van der Waals surface area contributed by atoms with Gasteiger partial charge < -0.3 is 10.1 Å². The lowest BCUT2D eigenvalue weighted by atomic mass is 10.1. The summed E-state index contributed by atoms with van der Waals surface area (Å²) in [4.78, 5) is 2.47. The van der Waals surface area contributed by atoms with Crippen molar-refractivity contribution in [3.8, 4) is 0 Å². The topological polar surface area (TPSA) is 24.5 Å². The Morgan fingerprint density at radius 3 is 3.00 bits per heavy atom. The molecule has 1 heterocycles. The summed E-state index contributed by atoms with van der Waals surface area (Å²) in [7, 11) is 0. The number of hydrogen-bond acceptors (Lipinski definition) is 3. The quantitative estimate of drug-likeness (QED) is 0.900. The predicted molar refractivity (Wildman–Crippen MR) is 82.2 cm³/mol. The Labute approximate surface area is 124 Å².